The number of hydrogen-bond acceptors (Lipinski definition) is 5. The first-order valence-corrected chi connectivity index (χ1v) is 11.2. The van der Waals surface area contributed by atoms with Crippen LogP contribution >= 0.6 is 0 Å². The van der Waals surface area contributed by atoms with Crippen molar-refractivity contribution in [1.82, 2.24) is 4.90 Å². The summed E-state index contributed by atoms with van der Waals surface area (Å²) in [6, 6.07) is 14.5. The van der Waals surface area contributed by atoms with Crippen molar-refractivity contribution in [2.45, 2.75) is 39.7 Å². The van der Waals surface area contributed by atoms with Gasteiger partial charge >= 0.3 is 0 Å². The number of amides is 2. The number of methoxy groups -OCH3 is 1. The van der Waals surface area contributed by atoms with E-state index in [2.05, 4.69) is 11.8 Å². The molecule has 2 aliphatic heterocycles. The fourth-order valence-corrected chi connectivity index (χ4v) is 4.32. The average molecular weight is 435 g/mol. The Balaban J connectivity index is 1.76. The Morgan fingerprint density at radius 1 is 0.938 bits per heavy atom. The van der Waals surface area contributed by atoms with Gasteiger partial charge in [0.25, 0.3) is 11.8 Å². The molecular weight excluding hydrogens is 404 g/mol. The van der Waals surface area contributed by atoms with Crippen LogP contribution in [0.4, 0.5) is 5.69 Å². The van der Waals surface area contributed by atoms with Crippen molar-refractivity contribution in [3.05, 3.63) is 59.8 Å². The number of rotatable bonds is 6. The van der Waals surface area contributed by atoms with Gasteiger partial charge in [-0.3, -0.25) is 9.59 Å². The first-order chi connectivity index (χ1) is 15.4. The molecule has 2 aromatic carbocycles. The minimum absolute atomic E-state index is 0.0443. The highest BCUT2D eigenvalue weighted by molar-refractivity contribution is 6.45. The van der Waals surface area contributed by atoms with Gasteiger partial charge in [0.1, 0.15) is 17.2 Å². The maximum atomic E-state index is 13.7. The first-order valence-electron chi connectivity index (χ1n) is 11.2. The van der Waals surface area contributed by atoms with Crippen LogP contribution in [0.2, 0.25) is 0 Å². The number of likely N-dealkylation sites (tertiary alicyclic amines) is 1. The summed E-state index contributed by atoms with van der Waals surface area (Å²) in [6.45, 7) is 7.64. The molecule has 6 nitrogen and oxygen atoms in total. The van der Waals surface area contributed by atoms with Gasteiger partial charge in [-0.05, 0) is 62.9 Å². The van der Waals surface area contributed by atoms with E-state index in [0.717, 1.165) is 25.9 Å². The molecule has 0 saturated carbocycles. The lowest BCUT2D eigenvalue weighted by molar-refractivity contribution is -0.120. The highest BCUT2D eigenvalue weighted by Crippen LogP contribution is 2.39. The number of ether oxygens (including phenoxy) is 2. The average Bonchev–Trinajstić information content (AvgIpc) is 3.04. The number of hydrogen-bond donors (Lipinski definition) is 0. The number of piperidine rings is 1. The van der Waals surface area contributed by atoms with Crippen LogP contribution < -0.4 is 14.4 Å². The van der Waals surface area contributed by atoms with E-state index in [1.807, 2.05) is 38.1 Å². The standard InChI is InChI=1S/C26H30N2O4/c1-17(2)32-20-11-9-19(10-12-20)28-25(29)23(21-7-5-6-8-22(21)31-4)24(26(28)30)27-15-13-18(3)14-16-27/h5-12,17-18H,13-16H2,1-4H3. The van der Waals surface area contributed by atoms with E-state index in [0.29, 0.717) is 39.9 Å². The van der Waals surface area contributed by atoms with Gasteiger partial charge in [0, 0.05) is 18.7 Å². The third-order valence-corrected chi connectivity index (χ3v) is 6.00. The van der Waals surface area contributed by atoms with Crippen molar-refractivity contribution in [3.63, 3.8) is 0 Å². The zero-order chi connectivity index (χ0) is 22.8. The largest absolute Gasteiger partial charge is 0.496 e. The normalized spacial score (nSPS) is 17.5. The van der Waals surface area contributed by atoms with E-state index in [9.17, 15) is 9.59 Å². The molecule has 0 atom stereocenters. The summed E-state index contributed by atoms with van der Waals surface area (Å²) in [5.74, 6) is 1.27. The molecule has 2 amide bonds. The van der Waals surface area contributed by atoms with Crippen molar-refractivity contribution >= 4 is 23.1 Å². The van der Waals surface area contributed by atoms with Crippen LogP contribution in [-0.2, 0) is 9.59 Å². The van der Waals surface area contributed by atoms with Gasteiger partial charge < -0.3 is 14.4 Å². The molecular formula is C26H30N2O4. The van der Waals surface area contributed by atoms with Crippen molar-refractivity contribution in [2.75, 3.05) is 25.1 Å². The van der Waals surface area contributed by atoms with Gasteiger partial charge in [-0.2, -0.15) is 0 Å². The van der Waals surface area contributed by atoms with Crippen LogP contribution in [0.15, 0.2) is 54.2 Å². The van der Waals surface area contributed by atoms with E-state index >= 15 is 0 Å². The number of carbonyl (C=O) groups is 2. The van der Waals surface area contributed by atoms with Crippen LogP contribution in [0, 0.1) is 5.92 Å². The molecule has 0 radical (unpaired) electrons. The Bertz CT molecular complexity index is 1030. The molecule has 1 saturated heterocycles. The van der Waals surface area contributed by atoms with E-state index < -0.39 is 0 Å². The van der Waals surface area contributed by atoms with Crippen LogP contribution in [0.25, 0.3) is 5.57 Å². The number of imide groups is 1. The fourth-order valence-electron chi connectivity index (χ4n) is 4.32. The molecule has 168 valence electrons. The lowest BCUT2D eigenvalue weighted by Crippen LogP contribution is -2.38. The third kappa shape index (κ3) is 4.09. The molecule has 0 spiro atoms. The van der Waals surface area contributed by atoms with Crippen molar-refractivity contribution in [2.24, 2.45) is 5.92 Å². The molecule has 0 unspecified atom stereocenters. The minimum Gasteiger partial charge on any atom is -0.496 e. The number of carbonyl (C=O) groups excluding carboxylic acids is 2. The van der Waals surface area contributed by atoms with Crippen LogP contribution in [0.1, 0.15) is 39.2 Å². The molecule has 1 fully saturated rings. The molecule has 2 aromatic rings. The zero-order valence-corrected chi connectivity index (χ0v) is 19.1. The maximum Gasteiger partial charge on any atom is 0.282 e. The Hall–Kier alpha value is -3.28. The fraction of sp³-hybridized carbons (Fsp3) is 0.385. The molecule has 2 heterocycles. The number of nitrogens with zero attached hydrogens (tertiary/aromatic N) is 2. The highest BCUT2D eigenvalue weighted by atomic mass is 16.5. The zero-order valence-electron chi connectivity index (χ0n) is 19.1. The molecule has 0 aliphatic carbocycles. The molecule has 0 N–H and O–H groups in total. The topological polar surface area (TPSA) is 59.1 Å². The van der Waals surface area contributed by atoms with E-state index in [1.54, 1.807) is 31.4 Å². The summed E-state index contributed by atoms with van der Waals surface area (Å²) in [5.41, 5.74) is 2.05. The summed E-state index contributed by atoms with van der Waals surface area (Å²) in [5, 5.41) is 0. The summed E-state index contributed by atoms with van der Waals surface area (Å²) < 4.78 is 11.2. The monoisotopic (exact) mass is 434 g/mol. The van der Waals surface area contributed by atoms with Crippen LogP contribution in [0.5, 0.6) is 11.5 Å². The summed E-state index contributed by atoms with van der Waals surface area (Å²) in [4.78, 5) is 30.7. The molecule has 0 bridgehead atoms. The van der Waals surface area contributed by atoms with Crippen LogP contribution in [0.3, 0.4) is 0 Å². The predicted molar refractivity (Wildman–Crippen MR) is 125 cm³/mol. The van der Waals surface area contributed by atoms with E-state index in [-0.39, 0.29) is 17.9 Å². The van der Waals surface area contributed by atoms with E-state index in [1.165, 1.54) is 4.90 Å². The quantitative estimate of drug-likeness (QED) is 0.627. The Labute approximate surface area is 189 Å². The Morgan fingerprint density at radius 3 is 2.22 bits per heavy atom. The lowest BCUT2D eigenvalue weighted by Gasteiger charge is -2.32. The summed E-state index contributed by atoms with van der Waals surface area (Å²) >= 11 is 0. The maximum absolute atomic E-state index is 13.7. The van der Waals surface area contributed by atoms with Crippen molar-refractivity contribution < 1.29 is 19.1 Å². The molecule has 2 aliphatic rings. The van der Waals surface area contributed by atoms with Crippen molar-refractivity contribution in [3.8, 4) is 11.5 Å². The molecule has 32 heavy (non-hydrogen) atoms. The molecule has 4 rings (SSSR count). The number of anilines is 1. The van der Waals surface area contributed by atoms with Gasteiger partial charge in [-0.15, -0.1) is 0 Å². The number of benzene rings is 2. The first kappa shape index (κ1) is 21.9. The smallest absolute Gasteiger partial charge is 0.282 e. The van der Waals surface area contributed by atoms with Gasteiger partial charge in [0.15, 0.2) is 0 Å². The van der Waals surface area contributed by atoms with Gasteiger partial charge in [0.2, 0.25) is 0 Å². The molecule has 6 heteroatoms. The SMILES string of the molecule is COc1ccccc1C1=C(N2CCC(C)CC2)C(=O)N(c2ccc(OC(C)C)cc2)C1=O. The van der Waals surface area contributed by atoms with Gasteiger partial charge in [0.05, 0.1) is 24.5 Å². The highest BCUT2D eigenvalue weighted by Gasteiger charge is 2.43. The van der Waals surface area contributed by atoms with E-state index in [4.69, 9.17) is 9.47 Å². The van der Waals surface area contributed by atoms with Gasteiger partial charge in [-0.1, -0.05) is 25.1 Å². The number of para-hydroxylation sites is 1. The Kier molecular flexibility index (Phi) is 6.21. The third-order valence-electron chi connectivity index (χ3n) is 6.00. The second-order valence-electron chi connectivity index (χ2n) is 8.70. The summed E-state index contributed by atoms with van der Waals surface area (Å²) in [6.07, 6.45) is 2.03. The van der Waals surface area contributed by atoms with Crippen LogP contribution in [-0.4, -0.2) is 43.0 Å². The molecule has 0 aromatic heterocycles. The predicted octanol–water partition coefficient (Wildman–Crippen LogP) is 4.50. The van der Waals surface area contributed by atoms with Gasteiger partial charge in [-0.25, -0.2) is 4.90 Å². The Morgan fingerprint density at radius 2 is 1.59 bits per heavy atom. The van der Waals surface area contributed by atoms with Crippen molar-refractivity contribution in [1.29, 1.82) is 0 Å². The second kappa shape index (κ2) is 9.07. The lowest BCUT2D eigenvalue weighted by atomic mass is 9.97. The summed E-state index contributed by atoms with van der Waals surface area (Å²) in [7, 11) is 1.58. The second-order valence-corrected chi connectivity index (χ2v) is 8.70. The minimum atomic E-state index is -0.328.